The van der Waals surface area contributed by atoms with Crippen LogP contribution in [0.3, 0.4) is 0 Å². The zero-order valence-electron chi connectivity index (χ0n) is 8.43. The maximum Gasteiger partial charge on any atom is 0.0601 e. The van der Waals surface area contributed by atoms with Gasteiger partial charge in [-0.2, -0.15) is 0 Å². The van der Waals surface area contributed by atoms with Crippen molar-refractivity contribution in [2.24, 2.45) is 0 Å². The molecule has 0 aliphatic carbocycles. The van der Waals surface area contributed by atoms with Crippen LogP contribution in [0, 0.1) is 12.3 Å². The summed E-state index contributed by atoms with van der Waals surface area (Å²) in [6, 6.07) is 0.582. The van der Waals surface area contributed by atoms with Crippen molar-refractivity contribution in [2.45, 2.75) is 26.3 Å². The summed E-state index contributed by atoms with van der Waals surface area (Å²) in [6.07, 6.45) is 6.42. The van der Waals surface area contributed by atoms with Crippen LogP contribution in [0.2, 0.25) is 0 Å². The van der Waals surface area contributed by atoms with Gasteiger partial charge >= 0.3 is 0 Å². The molecule has 2 nitrogen and oxygen atoms in total. The summed E-state index contributed by atoms with van der Waals surface area (Å²) >= 11 is 0. The van der Waals surface area contributed by atoms with Crippen LogP contribution in [0.15, 0.2) is 0 Å². The fourth-order valence-electron chi connectivity index (χ4n) is 1.23. The molecular weight excluding hydrogens is 148 g/mol. The normalized spacial score (nSPS) is 12.9. The van der Waals surface area contributed by atoms with E-state index in [1.54, 1.807) is 0 Å². The van der Waals surface area contributed by atoms with E-state index in [0.717, 1.165) is 26.1 Å². The van der Waals surface area contributed by atoms with Crippen LogP contribution in [-0.4, -0.2) is 37.6 Å². The fraction of sp³-hybridized carbons (Fsp3) is 0.800. The summed E-state index contributed by atoms with van der Waals surface area (Å²) in [7, 11) is 1.98. The average Bonchev–Trinajstić information content (AvgIpc) is 2.10. The molecule has 0 aromatic heterocycles. The molecule has 0 heterocycles. The van der Waals surface area contributed by atoms with Crippen molar-refractivity contribution in [3.63, 3.8) is 0 Å². The number of rotatable bonds is 6. The molecule has 0 saturated heterocycles. The van der Waals surface area contributed by atoms with Gasteiger partial charge in [0, 0.05) is 6.04 Å². The predicted octanol–water partition coefficient (Wildman–Crippen LogP) is 0.940. The topological polar surface area (TPSA) is 15.3 Å². The van der Waals surface area contributed by atoms with E-state index < -0.39 is 0 Å². The van der Waals surface area contributed by atoms with Crippen LogP contribution >= 0.6 is 0 Å². The van der Waals surface area contributed by atoms with Crippen molar-refractivity contribution >= 4 is 0 Å². The first kappa shape index (κ1) is 11.5. The SMILES string of the molecule is C#CCN(CC)C(C)CCNC. The lowest BCUT2D eigenvalue weighted by Crippen LogP contribution is -2.35. The third-order valence-electron chi connectivity index (χ3n) is 2.14. The molecule has 0 amide bonds. The molecule has 0 bridgehead atoms. The van der Waals surface area contributed by atoms with Crippen molar-refractivity contribution in [1.29, 1.82) is 0 Å². The number of terminal acetylenes is 1. The first-order valence-electron chi connectivity index (χ1n) is 4.58. The van der Waals surface area contributed by atoms with Gasteiger partial charge in [0.15, 0.2) is 0 Å². The molecule has 70 valence electrons. The molecule has 0 aromatic rings. The molecule has 0 fully saturated rings. The van der Waals surface area contributed by atoms with Crippen LogP contribution in [-0.2, 0) is 0 Å². The van der Waals surface area contributed by atoms with Crippen LogP contribution in [0.4, 0.5) is 0 Å². The molecule has 0 saturated carbocycles. The van der Waals surface area contributed by atoms with E-state index in [1.807, 2.05) is 7.05 Å². The van der Waals surface area contributed by atoms with Crippen molar-refractivity contribution in [3.8, 4) is 12.3 Å². The Morgan fingerprint density at radius 2 is 2.25 bits per heavy atom. The van der Waals surface area contributed by atoms with E-state index in [2.05, 4.69) is 30.0 Å². The largest absolute Gasteiger partial charge is 0.320 e. The smallest absolute Gasteiger partial charge is 0.0601 e. The zero-order valence-corrected chi connectivity index (χ0v) is 8.43. The molecule has 1 unspecified atom stereocenters. The highest BCUT2D eigenvalue weighted by molar-refractivity contribution is 4.89. The van der Waals surface area contributed by atoms with Crippen molar-refractivity contribution in [1.82, 2.24) is 10.2 Å². The molecule has 0 rings (SSSR count). The monoisotopic (exact) mass is 168 g/mol. The molecular formula is C10H20N2. The number of hydrogen-bond acceptors (Lipinski definition) is 2. The Hall–Kier alpha value is -0.520. The maximum absolute atomic E-state index is 5.26. The third-order valence-corrected chi connectivity index (χ3v) is 2.14. The predicted molar refractivity (Wildman–Crippen MR) is 54.1 cm³/mol. The number of hydrogen-bond donors (Lipinski definition) is 1. The highest BCUT2D eigenvalue weighted by atomic mass is 15.1. The molecule has 0 spiro atoms. The number of nitrogens with one attached hydrogen (secondary N) is 1. The molecule has 0 radical (unpaired) electrons. The van der Waals surface area contributed by atoms with Gasteiger partial charge < -0.3 is 5.32 Å². The van der Waals surface area contributed by atoms with E-state index in [9.17, 15) is 0 Å². The fourth-order valence-corrected chi connectivity index (χ4v) is 1.23. The Morgan fingerprint density at radius 3 is 2.67 bits per heavy atom. The van der Waals surface area contributed by atoms with Gasteiger partial charge in [-0.25, -0.2) is 0 Å². The lowest BCUT2D eigenvalue weighted by Gasteiger charge is -2.25. The zero-order chi connectivity index (χ0) is 9.40. The van der Waals surface area contributed by atoms with E-state index in [0.29, 0.717) is 6.04 Å². The van der Waals surface area contributed by atoms with Crippen LogP contribution in [0.5, 0.6) is 0 Å². The van der Waals surface area contributed by atoms with E-state index in [1.165, 1.54) is 0 Å². The minimum Gasteiger partial charge on any atom is -0.320 e. The van der Waals surface area contributed by atoms with Crippen molar-refractivity contribution in [2.75, 3.05) is 26.7 Å². The van der Waals surface area contributed by atoms with Gasteiger partial charge in [-0.1, -0.05) is 12.8 Å². The van der Waals surface area contributed by atoms with E-state index >= 15 is 0 Å². The summed E-state index contributed by atoms with van der Waals surface area (Å²) < 4.78 is 0. The second-order valence-electron chi connectivity index (χ2n) is 3.01. The maximum atomic E-state index is 5.26. The summed E-state index contributed by atoms with van der Waals surface area (Å²) in [5.41, 5.74) is 0. The van der Waals surface area contributed by atoms with Gasteiger partial charge in [0.25, 0.3) is 0 Å². The van der Waals surface area contributed by atoms with Crippen molar-refractivity contribution < 1.29 is 0 Å². The molecule has 1 atom stereocenters. The average molecular weight is 168 g/mol. The quantitative estimate of drug-likeness (QED) is 0.594. The van der Waals surface area contributed by atoms with Gasteiger partial charge in [0.1, 0.15) is 0 Å². The summed E-state index contributed by atoms with van der Waals surface area (Å²) in [5.74, 6) is 2.68. The number of nitrogens with zero attached hydrogens (tertiary/aromatic N) is 1. The lowest BCUT2D eigenvalue weighted by atomic mass is 10.2. The Labute approximate surface area is 76.3 Å². The molecule has 0 aliphatic rings. The minimum atomic E-state index is 0.582. The summed E-state index contributed by atoms with van der Waals surface area (Å²) in [6.45, 7) is 7.23. The van der Waals surface area contributed by atoms with Crippen LogP contribution in [0.1, 0.15) is 20.3 Å². The first-order valence-corrected chi connectivity index (χ1v) is 4.58. The molecule has 12 heavy (non-hydrogen) atoms. The van der Waals surface area contributed by atoms with Crippen LogP contribution in [0.25, 0.3) is 0 Å². The second-order valence-corrected chi connectivity index (χ2v) is 3.01. The lowest BCUT2D eigenvalue weighted by molar-refractivity contribution is 0.236. The first-order chi connectivity index (χ1) is 5.76. The molecule has 0 aliphatic heterocycles. The Kier molecular flexibility index (Phi) is 6.84. The Bertz CT molecular complexity index is 137. The van der Waals surface area contributed by atoms with Gasteiger partial charge in [0.05, 0.1) is 6.54 Å². The molecule has 2 heteroatoms. The van der Waals surface area contributed by atoms with Gasteiger partial charge in [-0.15, -0.1) is 6.42 Å². The van der Waals surface area contributed by atoms with E-state index in [-0.39, 0.29) is 0 Å². The van der Waals surface area contributed by atoms with Gasteiger partial charge in [0.2, 0.25) is 0 Å². The molecule has 0 aromatic carbocycles. The minimum absolute atomic E-state index is 0.582. The summed E-state index contributed by atoms with van der Waals surface area (Å²) in [4.78, 5) is 2.30. The highest BCUT2D eigenvalue weighted by Crippen LogP contribution is 2.01. The third kappa shape index (κ3) is 4.38. The molecule has 1 N–H and O–H groups in total. The highest BCUT2D eigenvalue weighted by Gasteiger charge is 2.08. The van der Waals surface area contributed by atoms with Crippen molar-refractivity contribution in [3.05, 3.63) is 0 Å². The standard InChI is InChI=1S/C10H20N2/c1-5-9-12(6-2)10(3)7-8-11-4/h1,10-11H,6-9H2,2-4H3. The second kappa shape index (κ2) is 7.15. The van der Waals surface area contributed by atoms with Gasteiger partial charge in [-0.05, 0) is 33.5 Å². The van der Waals surface area contributed by atoms with E-state index in [4.69, 9.17) is 6.42 Å². The van der Waals surface area contributed by atoms with Crippen LogP contribution < -0.4 is 5.32 Å². The Morgan fingerprint density at radius 1 is 1.58 bits per heavy atom. The van der Waals surface area contributed by atoms with Gasteiger partial charge in [-0.3, -0.25) is 4.90 Å². The Balaban J connectivity index is 3.70. The summed E-state index contributed by atoms with van der Waals surface area (Å²) in [5, 5.41) is 3.14.